The van der Waals surface area contributed by atoms with Crippen LogP contribution in [0.4, 0.5) is 5.69 Å². The zero-order chi connectivity index (χ0) is 19.6. The lowest BCUT2D eigenvalue weighted by molar-refractivity contribution is 0.807. The SMILES string of the molecule is CC(Nc1ccc(-n2ncc(Cl)c(Cl)c2=O)cc1Cl)c1cccc(C#N)c1. The zero-order valence-electron chi connectivity index (χ0n) is 14.1. The van der Waals surface area contributed by atoms with Crippen molar-refractivity contribution in [1.82, 2.24) is 9.78 Å². The van der Waals surface area contributed by atoms with Crippen molar-refractivity contribution in [2.45, 2.75) is 13.0 Å². The summed E-state index contributed by atoms with van der Waals surface area (Å²) in [7, 11) is 0. The Labute approximate surface area is 170 Å². The minimum Gasteiger partial charge on any atom is -0.377 e. The zero-order valence-corrected chi connectivity index (χ0v) is 16.3. The number of nitrogens with zero attached hydrogens (tertiary/aromatic N) is 3. The van der Waals surface area contributed by atoms with Crippen LogP contribution < -0.4 is 10.9 Å². The molecular formula is C19H13Cl3N4O. The van der Waals surface area contributed by atoms with Crippen LogP contribution in [0.5, 0.6) is 0 Å². The first-order valence-corrected chi connectivity index (χ1v) is 9.04. The van der Waals surface area contributed by atoms with E-state index in [1.54, 1.807) is 24.3 Å². The number of hydrogen-bond donors (Lipinski definition) is 1. The van der Waals surface area contributed by atoms with E-state index in [1.807, 2.05) is 25.1 Å². The number of nitriles is 1. The average molecular weight is 420 g/mol. The van der Waals surface area contributed by atoms with E-state index in [1.165, 1.54) is 6.20 Å². The summed E-state index contributed by atoms with van der Waals surface area (Å²) in [6.07, 6.45) is 1.30. The molecule has 0 aliphatic carbocycles. The number of rotatable bonds is 4. The topological polar surface area (TPSA) is 70.7 Å². The van der Waals surface area contributed by atoms with E-state index in [2.05, 4.69) is 16.5 Å². The molecule has 0 amide bonds. The van der Waals surface area contributed by atoms with E-state index >= 15 is 0 Å². The highest BCUT2D eigenvalue weighted by Gasteiger charge is 2.12. The van der Waals surface area contributed by atoms with Crippen LogP contribution in [0.25, 0.3) is 5.69 Å². The molecule has 1 N–H and O–H groups in total. The van der Waals surface area contributed by atoms with Gasteiger partial charge in [-0.1, -0.05) is 46.9 Å². The molecule has 1 atom stereocenters. The van der Waals surface area contributed by atoms with Crippen LogP contribution in [0.3, 0.4) is 0 Å². The molecule has 3 aromatic rings. The third-order valence-electron chi connectivity index (χ3n) is 3.96. The van der Waals surface area contributed by atoms with E-state index in [9.17, 15) is 4.79 Å². The van der Waals surface area contributed by atoms with E-state index in [-0.39, 0.29) is 16.1 Å². The van der Waals surface area contributed by atoms with Crippen LogP contribution in [-0.4, -0.2) is 9.78 Å². The summed E-state index contributed by atoms with van der Waals surface area (Å²) in [5.41, 5.74) is 2.17. The molecule has 0 aliphatic heterocycles. The molecule has 0 radical (unpaired) electrons. The quantitative estimate of drug-likeness (QED) is 0.628. The monoisotopic (exact) mass is 418 g/mol. The van der Waals surface area contributed by atoms with Crippen molar-refractivity contribution in [2.75, 3.05) is 5.32 Å². The van der Waals surface area contributed by atoms with E-state index in [0.717, 1.165) is 10.2 Å². The Morgan fingerprint density at radius 3 is 2.63 bits per heavy atom. The fourth-order valence-electron chi connectivity index (χ4n) is 2.54. The van der Waals surface area contributed by atoms with Crippen LogP contribution in [-0.2, 0) is 0 Å². The van der Waals surface area contributed by atoms with Crippen LogP contribution in [0.1, 0.15) is 24.1 Å². The van der Waals surface area contributed by atoms with Gasteiger partial charge in [-0.2, -0.15) is 15.0 Å². The van der Waals surface area contributed by atoms with Gasteiger partial charge < -0.3 is 5.32 Å². The van der Waals surface area contributed by atoms with Gasteiger partial charge in [0.2, 0.25) is 0 Å². The van der Waals surface area contributed by atoms with Crippen LogP contribution in [0.15, 0.2) is 53.5 Å². The second-order valence-corrected chi connectivity index (χ2v) is 6.98. The van der Waals surface area contributed by atoms with Gasteiger partial charge >= 0.3 is 0 Å². The predicted molar refractivity (Wildman–Crippen MR) is 108 cm³/mol. The molecular weight excluding hydrogens is 407 g/mol. The lowest BCUT2D eigenvalue weighted by atomic mass is 10.1. The highest BCUT2D eigenvalue weighted by atomic mass is 35.5. The van der Waals surface area contributed by atoms with Crippen molar-refractivity contribution in [2.24, 2.45) is 0 Å². The summed E-state index contributed by atoms with van der Waals surface area (Å²) in [5, 5.41) is 16.7. The minimum absolute atomic E-state index is 0.0764. The van der Waals surface area contributed by atoms with Crippen LogP contribution in [0, 0.1) is 11.3 Å². The second-order valence-electron chi connectivity index (χ2n) is 5.79. The summed E-state index contributed by atoms with van der Waals surface area (Å²) < 4.78 is 1.13. The Hall–Kier alpha value is -2.52. The lowest BCUT2D eigenvalue weighted by Crippen LogP contribution is -2.21. The Morgan fingerprint density at radius 1 is 1.15 bits per heavy atom. The third kappa shape index (κ3) is 4.09. The maximum absolute atomic E-state index is 12.2. The van der Waals surface area contributed by atoms with Crippen molar-refractivity contribution in [3.8, 4) is 11.8 Å². The molecule has 0 spiro atoms. The van der Waals surface area contributed by atoms with E-state index < -0.39 is 5.56 Å². The van der Waals surface area contributed by atoms with Crippen molar-refractivity contribution >= 4 is 40.5 Å². The van der Waals surface area contributed by atoms with Gasteiger partial charge in [0.15, 0.2) is 0 Å². The summed E-state index contributed by atoms with van der Waals surface area (Å²) in [6.45, 7) is 1.96. The Kier molecular flexibility index (Phi) is 5.71. The van der Waals surface area contributed by atoms with Gasteiger partial charge in [0.1, 0.15) is 5.02 Å². The normalized spacial score (nSPS) is 11.7. The third-order valence-corrected chi connectivity index (χ3v) is 5.02. The summed E-state index contributed by atoms with van der Waals surface area (Å²) in [4.78, 5) is 12.2. The summed E-state index contributed by atoms with van der Waals surface area (Å²) >= 11 is 18.1. The molecule has 0 saturated carbocycles. The Bertz CT molecular complexity index is 1100. The van der Waals surface area contributed by atoms with Gasteiger partial charge in [-0.25, -0.2) is 0 Å². The van der Waals surface area contributed by atoms with Gasteiger partial charge in [0.25, 0.3) is 5.56 Å². The first-order chi connectivity index (χ1) is 12.9. The van der Waals surface area contributed by atoms with Gasteiger partial charge in [0, 0.05) is 6.04 Å². The van der Waals surface area contributed by atoms with Gasteiger partial charge in [-0.3, -0.25) is 4.79 Å². The predicted octanol–water partition coefficient (Wildman–Crippen LogP) is 5.24. The van der Waals surface area contributed by atoms with Gasteiger partial charge in [0.05, 0.1) is 39.2 Å². The average Bonchev–Trinajstić information content (AvgIpc) is 2.68. The largest absolute Gasteiger partial charge is 0.377 e. The molecule has 1 heterocycles. The molecule has 0 saturated heterocycles. The Balaban J connectivity index is 1.88. The van der Waals surface area contributed by atoms with E-state index in [0.29, 0.717) is 22.0 Å². The maximum atomic E-state index is 12.2. The van der Waals surface area contributed by atoms with Crippen LogP contribution in [0.2, 0.25) is 15.1 Å². The molecule has 0 bridgehead atoms. The van der Waals surface area contributed by atoms with Crippen molar-refractivity contribution in [3.63, 3.8) is 0 Å². The number of anilines is 1. The van der Waals surface area contributed by atoms with Crippen molar-refractivity contribution < 1.29 is 0 Å². The lowest BCUT2D eigenvalue weighted by Gasteiger charge is -2.17. The second kappa shape index (κ2) is 8.01. The molecule has 3 rings (SSSR count). The molecule has 0 aliphatic rings. The van der Waals surface area contributed by atoms with Crippen molar-refractivity contribution in [3.05, 3.63) is 85.2 Å². The smallest absolute Gasteiger partial charge is 0.291 e. The maximum Gasteiger partial charge on any atom is 0.291 e. The minimum atomic E-state index is -0.525. The number of aromatic nitrogens is 2. The number of nitrogens with one attached hydrogen (secondary N) is 1. The number of benzene rings is 2. The molecule has 0 fully saturated rings. The Morgan fingerprint density at radius 2 is 1.93 bits per heavy atom. The summed E-state index contributed by atoms with van der Waals surface area (Å²) in [6, 6.07) is 14.4. The van der Waals surface area contributed by atoms with E-state index in [4.69, 9.17) is 40.1 Å². The van der Waals surface area contributed by atoms with Gasteiger partial charge in [-0.15, -0.1) is 0 Å². The standard InChI is InChI=1S/C19H13Cl3N4O/c1-11(13-4-2-3-12(7-13)9-23)25-17-6-5-14(8-15(17)20)26-19(27)18(22)16(21)10-24-26/h2-8,10-11,25H,1H3. The molecule has 1 unspecified atom stereocenters. The highest BCUT2D eigenvalue weighted by Crippen LogP contribution is 2.28. The number of hydrogen-bond acceptors (Lipinski definition) is 4. The number of halogens is 3. The van der Waals surface area contributed by atoms with Crippen molar-refractivity contribution in [1.29, 1.82) is 5.26 Å². The molecule has 27 heavy (non-hydrogen) atoms. The molecule has 2 aromatic carbocycles. The summed E-state index contributed by atoms with van der Waals surface area (Å²) in [5.74, 6) is 0. The molecule has 136 valence electrons. The fourth-order valence-corrected chi connectivity index (χ4v) is 3.03. The molecule has 1 aromatic heterocycles. The highest BCUT2D eigenvalue weighted by molar-refractivity contribution is 6.41. The van der Waals surface area contributed by atoms with Crippen LogP contribution >= 0.6 is 34.8 Å². The van der Waals surface area contributed by atoms with Gasteiger partial charge in [-0.05, 0) is 42.8 Å². The first-order valence-electron chi connectivity index (χ1n) is 7.90. The molecule has 5 nitrogen and oxygen atoms in total. The molecule has 8 heteroatoms. The fraction of sp³-hybridized carbons (Fsp3) is 0.105. The first kappa shape index (κ1) is 19.2.